The second-order valence-corrected chi connectivity index (χ2v) is 6.72. The summed E-state index contributed by atoms with van der Waals surface area (Å²) in [6.07, 6.45) is 1.88. The monoisotopic (exact) mass is 511 g/mol. The average molecular weight is 511 g/mol. The Balaban J connectivity index is 0.00000300. The van der Waals surface area contributed by atoms with Crippen LogP contribution in [0.1, 0.15) is 16.7 Å². The Bertz CT molecular complexity index is 825. The molecule has 0 atom stereocenters. The Morgan fingerprint density at radius 3 is 2.24 bits per heavy atom. The summed E-state index contributed by atoms with van der Waals surface area (Å²) in [5.41, 5.74) is 3.83. The molecule has 1 aliphatic heterocycles. The van der Waals surface area contributed by atoms with E-state index in [1.807, 2.05) is 19.2 Å². The number of nitrogens with one attached hydrogen (secondary N) is 1. The topological polar surface area (TPSA) is 55.3 Å². The second-order valence-electron chi connectivity index (χ2n) is 6.72. The first-order chi connectivity index (χ1) is 13.7. The molecule has 0 fully saturated rings. The van der Waals surface area contributed by atoms with Crippen molar-refractivity contribution in [2.75, 3.05) is 41.5 Å². The number of rotatable bonds is 6. The highest BCUT2D eigenvalue weighted by molar-refractivity contribution is 14.0. The molecule has 1 N–H and O–H groups in total. The summed E-state index contributed by atoms with van der Waals surface area (Å²) in [7, 11) is 6.86. The molecule has 0 aliphatic carbocycles. The van der Waals surface area contributed by atoms with Gasteiger partial charge in [0.25, 0.3) is 0 Å². The number of hydrogen-bond donors (Lipinski definition) is 1. The number of hydrogen-bond acceptors (Lipinski definition) is 4. The predicted octanol–water partition coefficient (Wildman–Crippen LogP) is 3.51. The number of methoxy groups -OCH3 is 3. The lowest BCUT2D eigenvalue weighted by Gasteiger charge is -2.32. The zero-order valence-electron chi connectivity index (χ0n) is 17.5. The molecule has 2 aromatic rings. The molecule has 0 spiro atoms. The Hall–Kier alpha value is -2.16. The third-order valence-corrected chi connectivity index (χ3v) is 5.09. The van der Waals surface area contributed by atoms with E-state index in [1.54, 1.807) is 21.3 Å². The van der Waals surface area contributed by atoms with Crippen LogP contribution < -0.4 is 19.5 Å². The molecule has 0 bridgehead atoms. The first-order valence-corrected chi connectivity index (χ1v) is 9.50. The maximum atomic E-state index is 5.46. The molecule has 0 amide bonds. The number of aliphatic imine (C=N–C) groups is 1. The molecule has 158 valence electrons. The maximum Gasteiger partial charge on any atom is 0.193 e. The smallest absolute Gasteiger partial charge is 0.193 e. The minimum Gasteiger partial charge on any atom is -0.497 e. The Morgan fingerprint density at radius 2 is 1.66 bits per heavy atom. The molecule has 29 heavy (non-hydrogen) atoms. The molecule has 0 unspecified atom stereocenters. The lowest BCUT2D eigenvalue weighted by atomic mass is 9.99. The van der Waals surface area contributed by atoms with E-state index < -0.39 is 0 Å². The number of nitrogens with zero attached hydrogens (tertiary/aromatic N) is 2. The van der Waals surface area contributed by atoms with E-state index >= 15 is 0 Å². The molecule has 7 heteroatoms. The van der Waals surface area contributed by atoms with Crippen molar-refractivity contribution in [2.45, 2.75) is 19.4 Å². The number of guanidine groups is 1. The third-order valence-electron chi connectivity index (χ3n) is 5.09. The van der Waals surface area contributed by atoms with Gasteiger partial charge in [-0.2, -0.15) is 0 Å². The highest BCUT2D eigenvalue weighted by atomic mass is 127. The van der Waals surface area contributed by atoms with Crippen molar-refractivity contribution in [2.24, 2.45) is 4.99 Å². The fourth-order valence-corrected chi connectivity index (χ4v) is 3.51. The van der Waals surface area contributed by atoms with Crippen LogP contribution in [-0.2, 0) is 19.4 Å². The molecule has 1 heterocycles. The van der Waals surface area contributed by atoms with Crippen LogP contribution in [0.15, 0.2) is 41.4 Å². The summed E-state index contributed by atoms with van der Waals surface area (Å²) in [6, 6.07) is 12.3. The van der Waals surface area contributed by atoms with Crippen molar-refractivity contribution in [3.8, 4) is 17.2 Å². The summed E-state index contributed by atoms with van der Waals surface area (Å²) in [5.74, 6) is 3.36. The molecule has 0 saturated heterocycles. The van der Waals surface area contributed by atoms with Crippen LogP contribution in [-0.4, -0.2) is 52.3 Å². The second kappa shape index (κ2) is 11.1. The quantitative estimate of drug-likeness (QED) is 0.366. The Labute approximate surface area is 190 Å². The van der Waals surface area contributed by atoms with E-state index in [9.17, 15) is 0 Å². The van der Waals surface area contributed by atoms with E-state index in [-0.39, 0.29) is 24.0 Å². The normalized spacial score (nSPS) is 13.2. The minimum atomic E-state index is 0. The van der Waals surface area contributed by atoms with Gasteiger partial charge in [-0.25, -0.2) is 0 Å². The molecular weight excluding hydrogens is 481 g/mol. The first kappa shape index (κ1) is 23.1. The van der Waals surface area contributed by atoms with E-state index in [1.165, 1.54) is 16.7 Å². The number of ether oxygens (including phenoxy) is 3. The van der Waals surface area contributed by atoms with Gasteiger partial charge >= 0.3 is 0 Å². The van der Waals surface area contributed by atoms with E-state index in [4.69, 9.17) is 14.2 Å². The standard InChI is InChI=1S/C22H29N3O3.HI/c1-23-22(24-11-9-16-5-7-19(26-2)8-6-16)25-12-10-17-13-20(27-3)21(28-4)14-18(17)15-25;/h5-8,13-14H,9-12,15H2,1-4H3,(H,23,24);1H. The van der Waals surface area contributed by atoms with Crippen LogP contribution in [0.25, 0.3) is 0 Å². The molecule has 3 rings (SSSR count). The van der Waals surface area contributed by atoms with Gasteiger partial charge in [0.05, 0.1) is 21.3 Å². The van der Waals surface area contributed by atoms with Crippen molar-refractivity contribution >= 4 is 29.9 Å². The van der Waals surface area contributed by atoms with E-state index in [0.29, 0.717) is 0 Å². The van der Waals surface area contributed by atoms with Gasteiger partial charge in [-0.1, -0.05) is 12.1 Å². The molecular formula is C22H30IN3O3. The highest BCUT2D eigenvalue weighted by Crippen LogP contribution is 2.33. The van der Waals surface area contributed by atoms with Crippen LogP contribution in [0.3, 0.4) is 0 Å². The first-order valence-electron chi connectivity index (χ1n) is 9.50. The van der Waals surface area contributed by atoms with Crippen LogP contribution in [0.2, 0.25) is 0 Å². The van der Waals surface area contributed by atoms with Gasteiger partial charge < -0.3 is 24.4 Å². The number of fused-ring (bicyclic) bond motifs is 1. The minimum absolute atomic E-state index is 0. The van der Waals surface area contributed by atoms with Gasteiger partial charge in [-0.3, -0.25) is 4.99 Å². The zero-order valence-corrected chi connectivity index (χ0v) is 19.9. The fourth-order valence-electron chi connectivity index (χ4n) is 3.51. The SMILES string of the molecule is CN=C(NCCc1ccc(OC)cc1)N1CCc2cc(OC)c(OC)cc2C1.I. The molecule has 0 radical (unpaired) electrons. The highest BCUT2D eigenvalue weighted by Gasteiger charge is 2.21. The Morgan fingerprint density at radius 1 is 1.00 bits per heavy atom. The summed E-state index contributed by atoms with van der Waals surface area (Å²) in [5, 5.41) is 3.49. The number of halogens is 1. The van der Waals surface area contributed by atoms with Gasteiger partial charge in [0, 0.05) is 26.7 Å². The fraction of sp³-hybridized carbons (Fsp3) is 0.409. The number of benzene rings is 2. The summed E-state index contributed by atoms with van der Waals surface area (Å²) >= 11 is 0. The van der Waals surface area contributed by atoms with Crippen LogP contribution >= 0.6 is 24.0 Å². The lowest BCUT2D eigenvalue weighted by Crippen LogP contribution is -2.44. The molecule has 2 aromatic carbocycles. The molecule has 1 aliphatic rings. The predicted molar refractivity (Wildman–Crippen MR) is 127 cm³/mol. The molecule has 0 aromatic heterocycles. The van der Waals surface area contributed by atoms with Crippen molar-refractivity contribution in [3.05, 3.63) is 53.1 Å². The van der Waals surface area contributed by atoms with Crippen molar-refractivity contribution in [1.82, 2.24) is 10.2 Å². The zero-order chi connectivity index (χ0) is 19.9. The summed E-state index contributed by atoms with van der Waals surface area (Å²) < 4.78 is 16.1. The van der Waals surface area contributed by atoms with Gasteiger partial charge in [-0.15, -0.1) is 24.0 Å². The van der Waals surface area contributed by atoms with E-state index in [2.05, 4.69) is 39.5 Å². The van der Waals surface area contributed by atoms with E-state index in [0.717, 1.165) is 55.7 Å². The third kappa shape index (κ3) is 5.68. The molecule has 0 saturated carbocycles. The van der Waals surface area contributed by atoms with Gasteiger partial charge in [0.15, 0.2) is 17.5 Å². The van der Waals surface area contributed by atoms with Gasteiger partial charge in [-0.05, 0) is 53.8 Å². The molecule has 6 nitrogen and oxygen atoms in total. The summed E-state index contributed by atoms with van der Waals surface area (Å²) in [6.45, 7) is 2.55. The average Bonchev–Trinajstić information content (AvgIpc) is 2.75. The van der Waals surface area contributed by atoms with Crippen molar-refractivity contribution in [1.29, 1.82) is 0 Å². The van der Waals surface area contributed by atoms with Crippen LogP contribution in [0.5, 0.6) is 17.2 Å². The van der Waals surface area contributed by atoms with Crippen molar-refractivity contribution in [3.63, 3.8) is 0 Å². The van der Waals surface area contributed by atoms with Crippen LogP contribution in [0, 0.1) is 0 Å². The van der Waals surface area contributed by atoms with Gasteiger partial charge in [0.1, 0.15) is 5.75 Å². The largest absolute Gasteiger partial charge is 0.497 e. The lowest BCUT2D eigenvalue weighted by molar-refractivity contribution is 0.346. The Kier molecular flexibility index (Phi) is 8.88. The van der Waals surface area contributed by atoms with Gasteiger partial charge in [0.2, 0.25) is 0 Å². The van der Waals surface area contributed by atoms with Crippen LogP contribution in [0.4, 0.5) is 0 Å². The maximum absolute atomic E-state index is 5.46. The summed E-state index contributed by atoms with van der Waals surface area (Å²) in [4.78, 5) is 6.76. The van der Waals surface area contributed by atoms with Crippen molar-refractivity contribution < 1.29 is 14.2 Å².